The molecule has 1 saturated carbocycles. The minimum atomic E-state index is -0.197. The fourth-order valence-electron chi connectivity index (χ4n) is 2.17. The Hall–Kier alpha value is -1.09. The van der Waals surface area contributed by atoms with E-state index in [9.17, 15) is 4.39 Å². The van der Waals surface area contributed by atoms with E-state index in [1.165, 1.54) is 18.9 Å². The standard InChI is InChI=1S/C14H21FN2/c1-2-7-17(9-11-3-4-11)10-12-8-13(15)5-6-14(12)16/h5-6,8,11H,2-4,7,9-10,16H2,1H3. The van der Waals surface area contributed by atoms with E-state index in [0.717, 1.165) is 37.5 Å². The molecule has 0 amide bonds. The Labute approximate surface area is 103 Å². The van der Waals surface area contributed by atoms with Crippen molar-refractivity contribution >= 4 is 5.69 Å². The average Bonchev–Trinajstić information content (AvgIpc) is 3.08. The van der Waals surface area contributed by atoms with E-state index in [-0.39, 0.29) is 5.82 Å². The highest BCUT2D eigenvalue weighted by Crippen LogP contribution is 2.30. The number of benzene rings is 1. The van der Waals surface area contributed by atoms with Crippen LogP contribution in [-0.2, 0) is 6.54 Å². The third kappa shape index (κ3) is 3.70. The highest BCUT2D eigenvalue weighted by molar-refractivity contribution is 5.46. The summed E-state index contributed by atoms with van der Waals surface area (Å²) in [5, 5.41) is 0. The Balaban J connectivity index is 2.01. The molecule has 1 aliphatic rings. The first-order valence-corrected chi connectivity index (χ1v) is 6.45. The number of hydrogen-bond donors (Lipinski definition) is 1. The summed E-state index contributed by atoms with van der Waals surface area (Å²) in [6, 6.07) is 4.64. The predicted molar refractivity (Wildman–Crippen MR) is 69.1 cm³/mol. The van der Waals surface area contributed by atoms with Crippen LogP contribution in [0, 0.1) is 11.7 Å². The van der Waals surface area contributed by atoms with Gasteiger partial charge in [-0.3, -0.25) is 4.90 Å². The molecule has 1 aliphatic carbocycles. The first kappa shape index (κ1) is 12.4. The second-order valence-electron chi connectivity index (χ2n) is 5.02. The van der Waals surface area contributed by atoms with E-state index in [4.69, 9.17) is 5.73 Å². The number of nitrogens with two attached hydrogens (primary N) is 1. The second-order valence-corrected chi connectivity index (χ2v) is 5.02. The quantitative estimate of drug-likeness (QED) is 0.769. The lowest BCUT2D eigenvalue weighted by atomic mass is 10.1. The number of anilines is 1. The van der Waals surface area contributed by atoms with Crippen LogP contribution in [0.15, 0.2) is 18.2 Å². The van der Waals surface area contributed by atoms with Crippen LogP contribution in [0.1, 0.15) is 31.7 Å². The van der Waals surface area contributed by atoms with E-state index in [1.54, 1.807) is 12.1 Å². The van der Waals surface area contributed by atoms with Crippen LogP contribution in [0.3, 0.4) is 0 Å². The largest absolute Gasteiger partial charge is 0.398 e. The average molecular weight is 236 g/mol. The third-order valence-electron chi connectivity index (χ3n) is 3.25. The van der Waals surface area contributed by atoms with Gasteiger partial charge in [0, 0.05) is 18.8 Å². The molecule has 0 radical (unpaired) electrons. The zero-order chi connectivity index (χ0) is 12.3. The summed E-state index contributed by atoms with van der Waals surface area (Å²) in [6.07, 6.45) is 3.82. The Morgan fingerprint density at radius 1 is 1.41 bits per heavy atom. The minimum absolute atomic E-state index is 0.197. The van der Waals surface area contributed by atoms with Crippen LogP contribution in [-0.4, -0.2) is 18.0 Å². The molecule has 2 N–H and O–H groups in total. The summed E-state index contributed by atoms with van der Waals surface area (Å²) in [4.78, 5) is 2.39. The monoisotopic (exact) mass is 236 g/mol. The summed E-state index contributed by atoms with van der Waals surface area (Å²) in [7, 11) is 0. The molecular weight excluding hydrogens is 215 g/mol. The topological polar surface area (TPSA) is 29.3 Å². The number of nitrogens with zero attached hydrogens (tertiary/aromatic N) is 1. The van der Waals surface area contributed by atoms with Gasteiger partial charge in [0.05, 0.1) is 0 Å². The fourth-order valence-corrected chi connectivity index (χ4v) is 2.17. The SMILES string of the molecule is CCCN(Cc1cc(F)ccc1N)CC1CC1. The van der Waals surface area contributed by atoms with Crippen LogP contribution >= 0.6 is 0 Å². The maximum absolute atomic E-state index is 13.2. The number of hydrogen-bond acceptors (Lipinski definition) is 2. The Morgan fingerprint density at radius 3 is 2.82 bits per heavy atom. The lowest BCUT2D eigenvalue weighted by Gasteiger charge is -2.22. The van der Waals surface area contributed by atoms with Crippen LogP contribution in [0.2, 0.25) is 0 Å². The molecule has 0 bridgehead atoms. The third-order valence-corrected chi connectivity index (χ3v) is 3.25. The van der Waals surface area contributed by atoms with Crippen molar-refractivity contribution < 1.29 is 4.39 Å². The van der Waals surface area contributed by atoms with E-state index < -0.39 is 0 Å². The molecule has 17 heavy (non-hydrogen) atoms. The van der Waals surface area contributed by atoms with E-state index in [1.807, 2.05) is 0 Å². The van der Waals surface area contributed by atoms with Gasteiger partial charge in [-0.1, -0.05) is 6.92 Å². The molecule has 0 saturated heterocycles. The lowest BCUT2D eigenvalue weighted by Crippen LogP contribution is -2.26. The van der Waals surface area contributed by atoms with Gasteiger partial charge >= 0.3 is 0 Å². The van der Waals surface area contributed by atoms with E-state index in [2.05, 4.69) is 11.8 Å². The molecule has 0 spiro atoms. The molecule has 0 aromatic heterocycles. The zero-order valence-corrected chi connectivity index (χ0v) is 10.5. The van der Waals surface area contributed by atoms with Crippen molar-refractivity contribution in [1.29, 1.82) is 0 Å². The van der Waals surface area contributed by atoms with E-state index >= 15 is 0 Å². The molecule has 1 fully saturated rings. The van der Waals surface area contributed by atoms with Crippen LogP contribution < -0.4 is 5.73 Å². The van der Waals surface area contributed by atoms with Gasteiger partial charge in [-0.25, -0.2) is 4.39 Å². The van der Waals surface area contributed by atoms with Gasteiger partial charge in [-0.05, 0) is 55.5 Å². The van der Waals surface area contributed by atoms with Gasteiger partial charge in [-0.15, -0.1) is 0 Å². The van der Waals surface area contributed by atoms with Crippen molar-refractivity contribution in [3.8, 4) is 0 Å². The molecule has 3 heteroatoms. The van der Waals surface area contributed by atoms with Gasteiger partial charge in [0.15, 0.2) is 0 Å². The van der Waals surface area contributed by atoms with Crippen LogP contribution in [0.5, 0.6) is 0 Å². The highest BCUT2D eigenvalue weighted by atomic mass is 19.1. The highest BCUT2D eigenvalue weighted by Gasteiger charge is 2.24. The summed E-state index contributed by atoms with van der Waals surface area (Å²) < 4.78 is 13.2. The number of rotatable bonds is 6. The summed E-state index contributed by atoms with van der Waals surface area (Å²) >= 11 is 0. The number of nitrogen functional groups attached to an aromatic ring is 1. The first-order valence-electron chi connectivity index (χ1n) is 6.45. The maximum Gasteiger partial charge on any atom is 0.123 e. The molecule has 2 nitrogen and oxygen atoms in total. The van der Waals surface area contributed by atoms with Crippen molar-refractivity contribution in [1.82, 2.24) is 4.90 Å². The fraction of sp³-hybridized carbons (Fsp3) is 0.571. The molecule has 94 valence electrons. The molecule has 0 aliphatic heterocycles. The Kier molecular flexibility index (Phi) is 4.00. The van der Waals surface area contributed by atoms with Crippen molar-refractivity contribution in [3.63, 3.8) is 0 Å². The van der Waals surface area contributed by atoms with Gasteiger partial charge in [0.2, 0.25) is 0 Å². The smallest absolute Gasteiger partial charge is 0.123 e. The summed E-state index contributed by atoms with van der Waals surface area (Å²) in [5.74, 6) is 0.661. The molecule has 2 rings (SSSR count). The molecular formula is C14H21FN2. The van der Waals surface area contributed by atoms with Crippen molar-refractivity contribution in [3.05, 3.63) is 29.6 Å². The lowest BCUT2D eigenvalue weighted by molar-refractivity contribution is 0.255. The van der Waals surface area contributed by atoms with Crippen LogP contribution in [0.25, 0.3) is 0 Å². The van der Waals surface area contributed by atoms with Crippen molar-refractivity contribution in [2.45, 2.75) is 32.7 Å². The molecule has 1 aromatic rings. The summed E-state index contributed by atoms with van der Waals surface area (Å²) in [6.45, 7) is 5.14. The van der Waals surface area contributed by atoms with Crippen molar-refractivity contribution in [2.24, 2.45) is 5.92 Å². The normalized spacial score (nSPS) is 15.5. The second kappa shape index (κ2) is 5.50. The van der Waals surface area contributed by atoms with E-state index in [0.29, 0.717) is 5.69 Å². The predicted octanol–water partition coefficient (Wildman–Crippen LogP) is 3.03. The van der Waals surface area contributed by atoms with Gasteiger partial charge in [0.1, 0.15) is 5.82 Å². The van der Waals surface area contributed by atoms with Crippen molar-refractivity contribution in [2.75, 3.05) is 18.8 Å². The molecule has 0 unspecified atom stereocenters. The first-order chi connectivity index (χ1) is 8.19. The van der Waals surface area contributed by atoms with Crippen LogP contribution in [0.4, 0.5) is 10.1 Å². The minimum Gasteiger partial charge on any atom is -0.398 e. The molecule has 1 aromatic carbocycles. The summed E-state index contributed by atoms with van der Waals surface area (Å²) in [5.41, 5.74) is 7.50. The Morgan fingerprint density at radius 2 is 2.18 bits per heavy atom. The zero-order valence-electron chi connectivity index (χ0n) is 10.5. The molecule has 0 heterocycles. The maximum atomic E-state index is 13.2. The Bertz CT molecular complexity index is 374. The van der Waals surface area contributed by atoms with Gasteiger partial charge < -0.3 is 5.73 Å². The van der Waals surface area contributed by atoms with Gasteiger partial charge in [-0.2, -0.15) is 0 Å². The van der Waals surface area contributed by atoms with Gasteiger partial charge in [0.25, 0.3) is 0 Å². The number of halogens is 1. The molecule has 0 atom stereocenters.